The Bertz CT molecular complexity index is 660. The van der Waals surface area contributed by atoms with Crippen LogP contribution in [0.5, 0.6) is 0 Å². The number of guanidine groups is 1. The molecule has 2 saturated heterocycles. The molecule has 0 unspecified atom stereocenters. The molecule has 1 N–H and O–H groups in total. The Kier molecular flexibility index (Phi) is 8.89. The highest BCUT2D eigenvalue weighted by atomic mass is 16.5. The minimum atomic E-state index is 0.551. The highest BCUT2D eigenvalue weighted by Gasteiger charge is 2.20. The molecular formula is C21H40N8O. The van der Waals surface area contributed by atoms with Crippen molar-refractivity contribution in [3.8, 4) is 0 Å². The third-order valence-corrected chi connectivity index (χ3v) is 5.89. The molecular weight excluding hydrogens is 380 g/mol. The highest BCUT2D eigenvalue weighted by molar-refractivity contribution is 5.80. The van der Waals surface area contributed by atoms with Gasteiger partial charge in [0.25, 0.3) is 0 Å². The van der Waals surface area contributed by atoms with E-state index in [1.165, 1.54) is 6.54 Å². The van der Waals surface area contributed by atoms with Crippen LogP contribution in [-0.2, 0) is 18.3 Å². The van der Waals surface area contributed by atoms with Crippen LogP contribution in [0, 0.1) is 12.8 Å². The van der Waals surface area contributed by atoms with Crippen LogP contribution in [0.3, 0.4) is 0 Å². The molecule has 3 rings (SSSR count). The van der Waals surface area contributed by atoms with Gasteiger partial charge in [0.2, 0.25) is 0 Å². The smallest absolute Gasteiger partial charge is 0.194 e. The molecule has 0 aliphatic carbocycles. The number of aromatic nitrogens is 3. The molecule has 2 aliphatic heterocycles. The minimum Gasteiger partial charge on any atom is -0.379 e. The lowest BCUT2D eigenvalue weighted by Crippen LogP contribution is -2.53. The number of aryl methyl sites for hydroxylation is 1. The van der Waals surface area contributed by atoms with Crippen LogP contribution < -0.4 is 5.32 Å². The topological polar surface area (TPSA) is 74.0 Å². The van der Waals surface area contributed by atoms with Gasteiger partial charge in [0.15, 0.2) is 11.8 Å². The van der Waals surface area contributed by atoms with E-state index in [1.807, 2.05) is 18.5 Å². The van der Waals surface area contributed by atoms with E-state index in [2.05, 4.69) is 44.1 Å². The van der Waals surface area contributed by atoms with Gasteiger partial charge in [-0.2, -0.15) is 0 Å². The van der Waals surface area contributed by atoms with Gasteiger partial charge in [-0.15, -0.1) is 10.2 Å². The highest BCUT2D eigenvalue weighted by Crippen LogP contribution is 2.07. The summed E-state index contributed by atoms with van der Waals surface area (Å²) in [6, 6.07) is 0. The molecule has 3 heterocycles. The maximum atomic E-state index is 5.44. The summed E-state index contributed by atoms with van der Waals surface area (Å²) in [6.45, 7) is 18.3. The van der Waals surface area contributed by atoms with Gasteiger partial charge in [-0.25, -0.2) is 4.99 Å². The molecule has 9 nitrogen and oxygen atoms in total. The fourth-order valence-corrected chi connectivity index (χ4v) is 3.99. The summed E-state index contributed by atoms with van der Waals surface area (Å²) >= 11 is 0. The Morgan fingerprint density at radius 3 is 2.43 bits per heavy atom. The first-order valence-electron chi connectivity index (χ1n) is 11.4. The van der Waals surface area contributed by atoms with Gasteiger partial charge in [0.05, 0.1) is 13.2 Å². The van der Waals surface area contributed by atoms with Crippen molar-refractivity contribution in [3.63, 3.8) is 0 Å². The van der Waals surface area contributed by atoms with E-state index in [1.54, 1.807) is 0 Å². The Labute approximate surface area is 181 Å². The van der Waals surface area contributed by atoms with Crippen LogP contribution in [0.15, 0.2) is 4.99 Å². The molecule has 0 aromatic carbocycles. The predicted octanol–water partition coefficient (Wildman–Crippen LogP) is 0.565. The zero-order valence-electron chi connectivity index (χ0n) is 19.3. The van der Waals surface area contributed by atoms with Crippen molar-refractivity contribution >= 4 is 5.96 Å². The summed E-state index contributed by atoms with van der Waals surface area (Å²) in [5.74, 6) is 3.53. The van der Waals surface area contributed by atoms with E-state index < -0.39 is 0 Å². The monoisotopic (exact) mass is 420 g/mol. The summed E-state index contributed by atoms with van der Waals surface area (Å²) in [5, 5.41) is 12.0. The summed E-state index contributed by atoms with van der Waals surface area (Å²) < 4.78 is 7.46. The van der Waals surface area contributed by atoms with Crippen molar-refractivity contribution in [2.45, 2.75) is 33.7 Å². The Balaban J connectivity index is 1.54. The number of hydrogen-bond acceptors (Lipinski definition) is 6. The molecule has 0 amide bonds. The molecule has 30 heavy (non-hydrogen) atoms. The summed E-state index contributed by atoms with van der Waals surface area (Å²) in [7, 11) is 2.00. The number of aliphatic imine (C=N–C) groups is 1. The molecule has 2 aliphatic rings. The maximum absolute atomic E-state index is 5.44. The van der Waals surface area contributed by atoms with Crippen molar-refractivity contribution in [2.75, 3.05) is 72.1 Å². The fraction of sp³-hybridized carbons (Fsp3) is 0.857. The number of rotatable bonds is 8. The first-order valence-corrected chi connectivity index (χ1v) is 11.4. The van der Waals surface area contributed by atoms with E-state index in [-0.39, 0.29) is 0 Å². The van der Waals surface area contributed by atoms with E-state index in [0.29, 0.717) is 12.5 Å². The SMILES string of the molecule is Cc1nnc(CN=C(NCCCN2CCOCC2)N2CCN(CC(C)C)CC2)n1C. The van der Waals surface area contributed by atoms with E-state index in [0.717, 1.165) is 89.6 Å². The van der Waals surface area contributed by atoms with Gasteiger partial charge in [0.1, 0.15) is 12.4 Å². The summed E-state index contributed by atoms with van der Waals surface area (Å²) in [6.07, 6.45) is 1.11. The normalized spacial score (nSPS) is 19.6. The molecule has 2 fully saturated rings. The quantitative estimate of drug-likeness (QED) is 0.374. The second-order valence-electron chi connectivity index (χ2n) is 8.78. The largest absolute Gasteiger partial charge is 0.379 e. The van der Waals surface area contributed by atoms with Gasteiger partial charge >= 0.3 is 0 Å². The molecule has 0 saturated carbocycles. The first-order chi connectivity index (χ1) is 14.5. The molecule has 0 atom stereocenters. The maximum Gasteiger partial charge on any atom is 0.194 e. The van der Waals surface area contributed by atoms with Gasteiger partial charge in [-0.3, -0.25) is 9.80 Å². The van der Waals surface area contributed by atoms with E-state index in [9.17, 15) is 0 Å². The van der Waals surface area contributed by atoms with Gasteiger partial charge in [-0.1, -0.05) is 13.8 Å². The average molecular weight is 421 g/mol. The van der Waals surface area contributed by atoms with Gasteiger partial charge in [0, 0.05) is 59.4 Å². The van der Waals surface area contributed by atoms with Crippen molar-refractivity contribution in [1.82, 2.24) is 34.8 Å². The number of hydrogen-bond donors (Lipinski definition) is 1. The second-order valence-corrected chi connectivity index (χ2v) is 8.78. The Hall–Kier alpha value is -1.71. The van der Waals surface area contributed by atoms with Crippen LogP contribution in [-0.4, -0.2) is 108 Å². The van der Waals surface area contributed by atoms with Crippen LogP contribution in [0.2, 0.25) is 0 Å². The molecule has 1 aromatic rings. The average Bonchev–Trinajstić information content (AvgIpc) is 3.06. The predicted molar refractivity (Wildman–Crippen MR) is 120 cm³/mol. The van der Waals surface area contributed by atoms with Gasteiger partial charge < -0.3 is 19.5 Å². The minimum absolute atomic E-state index is 0.551. The lowest BCUT2D eigenvalue weighted by Gasteiger charge is -2.37. The van der Waals surface area contributed by atoms with E-state index >= 15 is 0 Å². The van der Waals surface area contributed by atoms with Crippen LogP contribution in [0.1, 0.15) is 31.9 Å². The first kappa shape index (κ1) is 23.0. The molecule has 0 radical (unpaired) electrons. The lowest BCUT2D eigenvalue weighted by molar-refractivity contribution is 0.0375. The number of nitrogens with zero attached hydrogens (tertiary/aromatic N) is 7. The van der Waals surface area contributed by atoms with Crippen molar-refractivity contribution in [3.05, 3.63) is 11.6 Å². The van der Waals surface area contributed by atoms with Crippen molar-refractivity contribution in [2.24, 2.45) is 18.0 Å². The molecule has 1 aromatic heterocycles. The van der Waals surface area contributed by atoms with Crippen molar-refractivity contribution < 1.29 is 4.74 Å². The van der Waals surface area contributed by atoms with Gasteiger partial charge in [-0.05, 0) is 25.8 Å². The number of ether oxygens (including phenoxy) is 1. The molecule has 9 heteroatoms. The number of piperazine rings is 1. The lowest BCUT2D eigenvalue weighted by atomic mass is 10.2. The van der Waals surface area contributed by atoms with E-state index in [4.69, 9.17) is 9.73 Å². The molecule has 0 bridgehead atoms. The second kappa shape index (κ2) is 11.6. The summed E-state index contributed by atoms with van der Waals surface area (Å²) in [5.41, 5.74) is 0. The van der Waals surface area contributed by atoms with Crippen LogP contribution in [0.25, 0.3) is 0 Å². The standard InChI is InChI=1S/C21H40N8O/c1-18(2)17-28-8-10-29(11-9-28)21(23-16-20-25-24-19(3)26(20)4)22-6-5-7-27-12-14-30-15-13-27/h18H,5-17H2,1-4H3,(H,22,23). The third kappa shape index (κ3) is 6.92. The molecule has 170 valence electrons. The number of nitrogens with one attached hydrogen (secondary N) is 1. The third-order valence-electron chi connectivity index (χ3n) is 5.89. The summed E-state index contributed by atoms with van der Waals surface area (Å²) in [4.78, 5) is 12.4. The van der Waals surface area contributed by atoms with Crippen LogP contribution in [0.4, 0.5) is 0 Å². The Morgan fingerprint density at radius 1 is 1.07 bits per heavy atom. The zero-order chi connectivity index (χ0) is 21.3. The zero-order valence-corrected chi connectivity index (χ0v) is 19.3. The van der Waals surface area contributed by atoms with Crippen LogP contribution >= 0.6 is 0 Å². The Morgan fingerprint density at radius 2 is 1.80 bits per heavy atom. The number of morpholine rings is 1. The van der Waals surface area contributed by atoms with Crippen molar-refractivity contribution in [1.29, 1.82) is 0 Å². The molecule has 0 spiro atoms. The fourth-order valence-electron chi connectivity index (χ4n) is 3.99.